The lowest BCUT2D eigenvalue weighted by Crippen LogP contribution is -2.22. The normalized spacial score (nSPS) is 11.8. The molecule has 0 bridgehead atoms. The lowest BCUT2D eigenvalue weighted by molar-refractivity contribution is -0.115. The van der Waals surface area contributed by atoms with Gasteiger partial charge in [0.25, 0.3) is 0 Å². The first-order valence-corrected chi connectivity index (χ1v) is 8.20. The molecule has 2 aromatic rings. The van der Waals surface area contributed by atoms with E-state index in [1.54, 1.807) is 37.4 Å². The number of halogens is 2. The van der Waals surface area contributed by atoms with Crippen molar-refractivity contribution in [2.45, 2.75) is 17.1 Å². The molecule has 1 atom stereocenters. The van der Waals surface area contributed by atoms with E-state index in [-0.39, 0.29) is 11.2 Å². The molecule has 0 unspecified atom stereocenters. The number of amides is 1. The smallest absolute Gasteiger partial charge is 0.237 e. The van der Waals surface area contributed by atoms with Gasteiger partial charge in [0.05, 0.1) is 18.0 Å². The number of hydrogen-bond donors (Lipinski definition) is 1. The molecule has 0 spiro atoms. The minimum atomic E-state index is -0.273. The van der Waals surface area contributed by atoms with Gasteiger partial charge >= 0.3 is 0 Å². The van der Waals surface area contributed by atoms with E-state index in [1.165, 1.54) is 11.8 Å². The first kappa shape index (κ1) is 17.0. The number of carbonyl (C=O) groups excluding carboxylic acids is 1. The average molecular weight is 356 g/mol. The fourth-order valence-electron chi connectivity index (χ4n) is 1.78. The molecule has 0 heterocycles. The van der Waals surface area contributed by atoms with E-state index < -0.39 is 0 Å². The zero-order valence-corrected chi connectivity index (χ0v) is 14.4. The van der Waals surface area contributed by atoms with Gasteiger partial charge in [0, 0.05) is 14.9 Å². The van der Waals surface area contributed by atoms with Crippen molar-refractivity contribution < 1.29 is 9.53 Å². The second kappa shape index (κ2) is 7.77. The molecule has 3 nitrogen and oxygen atoms in total. The molecular formula is C16H15Cl2NO2S. The first-order chi connectivity index (χ1) is 10.5. The number of hydrogen-bond acceptors (Lipinski definition) is 3. The highest BCUT2D eigenvalue weighted by Crippen LogP contribution is 2.30. The Balaban J connectivity index is 2.05. The molecule has 0 saturated heterocycles. The topological polar surface area (TPSA) is 38.3 Å². The van der Waals surface area contributed by atoms with Crippen LogP contribution in [0.4, 0.5) is 5.69 Å². The third-order valence-corrected chi connectivity index (χ3v) is 4.51. The molecule has 0 aliphatic carbocycles. The molecule has 1 amide bonds. The van der Waals surface area contributed by atoms with Crippen LogP contribution >= 0.6 is 35.0 Å². The Bertz CT molecular complexity index is 662. The van der Waals surface area contributed by atoms with Crippen molar-refractivity contribution in [3.8, 4) is 5.75 Å². The quantitative estimate of drug-likeness (QED) is 0.756. The van der Waals surface area contributed by atoms with Crippen molar-refractivity contribution in [2.24, 2.45) is 0 Å². The Morgan fingerprint density at radius 2 is 1.77 bits per heavy atom. The number of thioether (sulfide) groups is 1. The molecule has 0 aliphatic rings. The van der Waals surface area contributed by atoms with Crippen LogP contribution < -0.4 is 10.1 Å². The second-order valence-electron chi connectivity index (χ2n) is 4.55. The van der Waals surface area contributed by atoms with Gasteiger partial charge < -0.3 is 10.1 Å². The van der Waals surface area contributed by atoms with Crippen LogP contribution in [0.3, 0.4) is 0 Å². The number of benzene rings is 2. The van der Waals surface area contributed by atoms with Crippen LogP contribution in [0.15, 0.2) is 47.4 Å². The Morgan fingerprint density at radius 1 is 1.14 bits per heavy atom. The lowest BCUT2D eigenvalue weighted by Gasteiger charge is -2.14. The largest absolute Gasteiger partial charge is 0.495 e. The van der Waals surface area contributed by atoms with Crippen LogP contribution in [0.1, 0.15) is 6.92 Å². The molecule has 116 valence electrons. The monoisotopic (exact) mass is 355 g/mol. The van der Waals surface area contributed by atoms with Gasteiger partial charge in [0.2, 0.25) is 5.91 Å². The number of methoxy groups -OCH3 is 1. The highest BCUT2D eigenvalue weighted by atomic mass is 35.5. The van der Waals surface area contributed by atoms with E-state index in [2.05, 4.69) is 5.32 Å². The number of ether oxygens (including phenoxy) is 1. The van der Waals surface area contributed by atoms with Crippen LogP contribution in [-0.4, -0.2) is 18.3 Å². The van der Waals surface area contributed by atoms with E-state index in [4.69, 9.17) is 27.9 Å². The molecule has 0 saturated carbocycles. The van der Waals surface area contributed by atoms with Crippen molar-refractivity contribution in [1.82, 2.24) is 0 Å². The van der Waals surface area contributed by atoms with E-state index in [1.807, 2.05) is 19.1 Å². The Labute approximate surface area is 144 Å². The molecule has 0 aliphatic heterocycles. The fourth-order valence-corrected chi connectivity index (χ4v) is 2.95. The lowest BCUT2D eigenvalue weighted by atomic mass is 10.3. The Kier molecular flexibility index (Phi) is 6.00. The zero-order valence-electron chi connectivity index (χ0n) is 12.1. The number of nitrogens with one attached hydrogen (secondary N) is 1. The summed E-state index contributed by atoms with van der Waals surface area (Å²) < 4.78 is 5.22. The fraction of sp³-hybridized carbons (Fsp3) is 0.188. The summed E-state index contributed by atoms with van der Waals surface area (Å²) in [5.74, 6) is 0.446. The van der Waals surface area contributed by atoms with E-state index in [0.717, 1.165) is 4.90 Å². The first-order valence-electron chi connectivity index (χ1n) is 6.56. The van der Waals surface area contributed by atoms with Crippen LogP contribution in [0.2, 0.25) is 10.0 Å². The maximum Gasteiger partial charge on any atom is 0.237 e. The van der Waals surface area contributed by atoms with Crippen LogP contribution in [0.25, 0.3) is 0 Å². The zero-order chi connectivity index (χ0) is 16.1. The molecule has 2 rings (SSSR count). The highest BCUT2D eigenvalue weighted by molar-refractivity contribution is 8.00. The van der Waals surface area contributed by atoms with Crippen molar-refractivity contribution in [2.75, 3.05) is 12.4 Å². The van der Waals surface area contributed by atoms with Gasteiger partial charge in [-0.25, -0.2) is 0 Å². The second-order valence-corrected chi connectivity index (χ2v) is 6.83. The highest BCUT2D eigenvalue weighted by Gasteiger charge is 2.16. The van der Waals surface area contributed by atoms with Gasteiger partial charge in [0.15, 0.2) is 0 Å². The predicted octanol–water partition coefficient (Wildman–Crippen LogP) is 5.12. The summed E-state index contributed by atoms with van der Waals surface area (Å²) >= 11 is 13.3. The van der Waals surface area contributed by atoms with Gasteiger partial charge in [-0.05, 0) is 49.4 Å². The maximum absolute atomic E-state index is 12.3. The molecule has 22 heavy (non-hydrogen) atoms. The number of carbonyl (C=O) groups is 1. The summed E-state index contributed by atoms with van der Waals surface area (Å²) in [6, 6.07) is 12.5. The minimum Gasteiger partial charge on any atom is -0.495 e. The Morgan fingerprint density at radius 3 is 2.41 bits per heavy atom. The Hall–Kier alpha value is -1.36. The predicted molar refractivity (Wildman–Crippen MR) is 93.4 cm³/mol. The van der Waals surface area contributed by atoms with Gasteiger partial charge in [-0.2, -0.15) is 0 Å². The number of rotatable bonds is 5. The summed E-state index contributed by atoms with van der Waals surface area (Å²) in [4.78, 5) is 13.3. The molecule has 6 heteroatoms. The van der Waals surface area contributed by atoms with Gasteiger partial charge in [-0.1, -0.05) is 23.2 Å². The van der Waals surface area contributed by atoms with Crippen molar-refractivity contribution >= 4 is 46.6 Å². The molecule has 1 N–H and O–H groups in total. The summed E-state index contributed by atoms with van der Waals surface area (Å²) in [5.41, 5.74) is 0.559. The SMILES string of the molecule is COc1ccc(Cl)cc1NC(=O)[C@H](C)Sc1ccc(Cl)cc1. The van der Waals surface area contributed by atoms with E-state index in [0.29, 0.717) is 21.5 Å². The van der Waals surface area contributed by atoms with Gasteiger partial charge in [0.1, 0.15) is 5.75 Å². The third-order valence-electron chi connectivity index (χ3n) is 2.92. The molecular weight excluding hydrogens is 341 g/mol. The summed E-state index contributed by atoms with van der Waals surface area (Å²) in [5, 5.41) is 3.77. The average Bonchev–Trinajstić information content (AvgIpc) is 2.49. The standard InChI is InChI=1S/C16H15Cl2NO2S/c1-10(22-13-6-3-11(17)4-7-13)16(20)19-14-9-12(18)5-8-15(14)21-2/h3-10H,1-2H3,(H,19,20)/t10-/m0/s1. The van der Waals surface area contributed by atoms with Crippen LogP contribution in [0, 0.1) is 0 Å². The summed E-state index contributed by atoms with van der Waals surface area (Å²) in [6.07, 6.45) is 0. The summed E-state index contributed by atoms with van der Waals surface area (Å²) in [6.45, 7) is 1.84. The van der Waals surface area contributed by atoms with E-state index >= 15 is 0 Å². The van der Waals surface area contributed by atoms with Crippen LogP contribution in [0.5, 0.6) is 5.75 Å². The third kappa shape index (κ3) is 4.57. The molecule has 0 fully saturated rings. The van der Waals surface area contributed by atoms with Crippen molar-refractivity contribution in [3.05, 3.63) is 52.5 Å². The maximum atomic E-state index is 12.3. The molecule has 0 radical (unpaired) electrons. The van der Waals surface area contributed by atoms with Gasteiger partial charge in [-0.15, -0.1) is 11.8 Å². The molecule has 0 aromatic heterocycles. The number of anilines is 1. The van der Waals surface area contributed by atoms with Crippen LogP contribution in [-0.2, 0) is 4.79 Å². The van der Waals surface area contributed by atoms with Crippen molar-refractivity contribution in [1.29, 1.82) is 0 Å². The van der Waals surface area contributed by atoms with E-state index in [9.17, 15) is 4.79 Å². The van der Waals surface area contributed by atoms with Crippen molar-refractivity contribution in [3.63, 3.8) is 0 Å². The minimum absolute atomic E-state index is 0.125. The summed E-state index contributed by atoms with van der Waals surface area (Å²) in [7, 11) is 1.55. The molecule has 2 aromatic carbocycles. The van der Waals surface area contributed by atoms with Gasteiger partial charge in [-0.3, -0.25) is 4.79 Å².